The second kappa shape index (κ2) is 8.25. The van der Waals surface area contributed by atoms with Gasteiger partial charge in [-0.15, -0.1) is 16.4 Å². The lowest BCUT2D eigenvalue weighted by atomic mass is 10.1. The largest absolute Gasteiger partial charge is 0.495 e. The van der Waals surface area contributed by atoms with E-state index < -0.39 is 5.92 Å². The van der Waals surface area contributed by atoms with Gasteiger partial charge in [-0.05, 0) is 18.2 Å². The highest BCUT2D eigenvalue weighted by molar-refractivity contribution is 7.15. The first-order valence-electron chi connectivity index (χ1n) is 9.88. The fraction of sp³-hybridized carbons (Fsp3) is 0.182. The number of halogens is 1. The second-order valence-electron chi connectivity index (χ2n) is 7.33. The maximum Gasteiger partial charge on any atom is 0.250 e. The zero-order chi connectivity index (χ0) is 22.2. The Hall–Kier alpha value is -3.43. The van der Waals surface area contributed by atoms with Crippen LogP contribution in [-0.4, -0.2) is 40.1 Å². The monoisotopic (exact) mass is 467 g/mol. The number of nitrogens with zero attached hydrogens (tertiary/aromatic N) is 4. The van der Waals surface area contributed by atoms with E-state index in [-0.39, 0.29) is 30.7 Å². The van der Waals surface area contributed by atoms with Crippen LogP contribution in [0.15, 0.2) is 53.9 Å². The van der Waals surface area contributed by atoms with Gasteiger partial charge in [0.2, 0.25) is 22.7 Å². The molecule has 1 aliphatic heterocycles. The van der Waals surface area contributed by atoms with E-state index in [9.17, 15) is 9.59 Å². The van der Waals surface area contributed by atoms with Gasteiger partial charge in [-0.1, -0.05) is 41.9 Å². The van der Waals surface area contributed by atoms with Crippen molar-refractivity contribution in [3.05, 3.63) is 58.9 Å². The Morgan fingerprint density at radius 1 is 1.25 bits per heavy atom. The highest BCUT2D eigenvalue weighted by Gasteiger charge is 2.37. The minimum atomic E-state index is -0.540. The molecule has 0 bridgehead atoms. The molecule has 0 radical (unpaired) electrons. The normalized spacial score (nSPS) is 16.0. The van der Waals surface area contributed by atoms with Crippen molar-refractivity contribution in [2.75, 3.05) is 23.9 Å². The van der Waals surface area contributed by atoms with Crippen LogP contribution >= 0.6 is 22.9 Å². The number of nitrogens with one attached hydrogen (secondary N) is 1. The zero-order valence-electron chi connectivity index (χ0n) is 17.0. The minimum absolute atomic E-state index is 0.0823. The van der Waals surface area contributed by atoms with Crippen molar-refractivity contribution < 1.29 is 14.3 Å². The number of methoxy groups -OCH3 is 1. The third kappa shape index (κ3) is 3.69. The number of aromatic nitrogens is 3. The number of ether oxygens (including phenoxy) is 1. The van der Waals surface area contributed by atoms with Gasteiger partial charge in [0.15, 0.2) is 0 Å². The van der Waals surface area contributed by atoms with E-state index in [0.717, 1.165) is 11.3 Å². The highest BCUT2D eigenvalue weighted by atomic mass is 35.5. The standard InChI is InChI=1S/C22H18ClN5O3S/c1-31-18-8-7-15(23)10-16(18)27-11-14(9-19(27)29)20(30)24-21-25-22-28(26-21)17(12-32-22)13-5-3-2-4-6-13/h2-8,10,12,14H,9,11H2,1H3,(H,24,26,30). The molecule has 0 saturated carbocycles. The number of amides is 2. The number of thiazole rings is 1. The maximum atomic E-state index is 12.9. The van der Waals surface area contributed by atoms with Crippen LogP contribution in [0.5, 0.6) is 5.75 Å². The molecule has 4 aromatic rings. The fourth-order valence-electron chi connectivity index (χ4n) is 3.74. The number of anilines is 2. The highest BCUT2D eigenvalue weighted by Crippen LogP contribution is 2.35. The third-order valence-corrected chi connectivity index (χ3v) is 6.36. The number of carbonyl (C=O) groups excluding carboxylic acids is 2. The van der Waals surface area contributed by atoms with Gasteiger partial charge in [0.05, 0.1) is 24.4 Å². The molecule has 0 spiro atoms. The van der Waals surface area contributed by atoms with Crippen LogP contribution in [0.1, 0.15) is 6.42 Å². The number of benzene rings is 2. The molecule has 10 heteroatoms. The Morgan fingerprint density at radius 3 is 2.84 bits per heavy atom. The number of carbonyl (C=O) groups is 2. The van der Waals surface area contributed by atoms with E-state index in [1.54, 1.807) is 22.7 Å². The van der Waals surface area contributed by atoms with Gasteiger partial charge >= 0.3 is 0 Å². The molecule has 3 heterocycles. The average Bonchev–Trinajstić information content (AvgIpc) is 3.48. The predicted octanol–water partition coefficient (Wildman–Crippen LogP) is 4.11. The summed E-state index contributed by atoms with van der Waals surface area (Å²) in [6.45, 7) is 0.221. The van der Waals surface area contributed by atoms with E-state index in [2.05, 4.69) is 15.4 Å². The summed E-state index contributed by atoms with van der Waals surface area (Å²) < 4.78 is 7.06. The minimum Gasteiger partial charge on any atom is -0.495 e. The maximum absolute atomic E-state index is 12.9. The molecule has 1 saturated heterocycles. The number of fused-ring (bicyclic) bond motifs is 1. The van der Waals surface area contributed by atoms with Crippen LogP contribution < -0.4 is 15.0 Å². The van der Waals surface area contributed by atoms with Gasteiger partial charge in [0.1, 0.15) is 5.75 Å². The molecule has 1 unspecified atom stereocenters. The second-order valence-corrected chi connectivity index (χ2v) is 8.60. The SMILES string of the molecule is COc1ccc(Cl)cc1N1CC(C(=O)Nc2nc3scc(-c4ccccc4)n3n2)CC1=O. The third-order valence-electron chi connectivity index (χ3n) is 5.31. The van der Waals surface area contributed by atoms with Crippen LogP contribution in [-0.2, 0) is 9.59 Å². The van der Waals surface area contributed by atoms with E-state index >= 15 is 0 Å². The lowest BCUT2D eigenvalue weighted by molar-refractivity contribution is -0.122. The Labute approximate surface area is 192 Å². The van der Waals surface area contributed by atoms with Crippen molar-refractivity contribution in [1.82, 2.24) is 14.6 Å². The van der Waals surface area contributed by atoms with E-state index in [1.807, 2.05) is 35.7 Å². The Kier molecular flexibility index (Phi) is 5.28. The molecule has 2 aromatic carbocycles. The van der Waals surface area contributed by atoms with Crippen LogP contribution in [0, 0.1) is 5.92 Å². The molecule has 162 valence electrons. The lowest BCUT2D eigenvalue weighted by Crippen LogP contribution is -2.28. The van der Waals surface area contributed by atoms with E-state index in [0.29, 0.717) is 21.4 Å². The first kappa shape index (κ1) is 20.5. The van der Waals surface area contributed by atoms with Crippen molar-refractivity contribution >= 4 is 51.3 Å². The molecule has 1 atom stereocenters. The van der Waals surface area contributed by atoms with Gasteiger partial charge in [0, 0.05) is 28.9 Å². The zero-order valence-corrected chi connectivity index (χ0v) is 18.6. The van der Waals surface area contributed by atoms with Gasteiger partial charge in [0.25, 0.3) is 0 Å². The van der Waals surface area contributed by atoms with Crippen LogP contribution in [0.4, 0.5) is 11.6 Å². The predicted molar refractivity (Wildman–Crippen MR) is 123 cm³/mol. The van der Waals surface area contributed by atoms with Crippen molar-refractivity contribution in [3.8, 4) is 17.0 Å². The van der Waals surface area contributed by atoms with E-state index in [1.165, 1.54) is 23.3 Å². The van der Waals surface area contributed by atoms with Gasteiger partial charge in [-0.25, -0.2) is 4.52 Å². The number of hydrogen-bond donors (Lipinski definition) is 1. The van der Waals surface area contributed by atoms with Crippen LogP contribution in [0.25, 0.3) is 16.2 Å². The molecule has 8 nitrogen and oxygen atoms in total. The van der Waals surface area contributed by atoms with Gasteiger partial charge < -0.3 is 9.64 Å². The molecule has 2 amide bonds. The summed E-state index contributed by atoms with van der Waals surface area (Å²) in [5.41, 5.74) is 2.45. The Morgan fingerprint density at radius 2 is 2.06 bits per heavy atom. The summed E-state index contributed by atoms with van der Waals surface area (Å²) in [7, 11) is 1.53. The van der Waals surface area contributed by atoms with Crippen molar-refractivity contribution in [1.29, 1.82) is 0 Å². The van der Waals surface area contributed by atoms with Crippen molar-refractivity contribution in [2.45, 2.75) is 6.42 Å². The molecule has 5 rings (SSSR count). The molecule has 32 heavy (non-hydrogen) atoms. The molecule has 0 aliphatic carbocycles. The van der Waals surface area contributed by atoms with Crippen molar-refractivity contribution in [2.24, 2.45) is 5.92 Å². The number of rotatable bonds is 5. The topological polar surface area (TPSA) is 88.8 Å². The molecule has 1 fully saturated rings. The average molecular weight is 468 g/mol. The summed E-state index contributed by atoms with van der Waals surface area (Å²) in [5.74, 6) is -0.280. The number of hydrogen-bond acceptors (Lipinski definition) is 6. The van der Waals surface area contributed by atoms with Crippen LogP contribution in [0.3, 0.4) is 0 Å². The Bertz CT molecular complexity index is 1320. The quantitative estimate of drug-likeness (QED) is 0.477. The van der Waals surface area contributed by atoms with E-state index in [4.69, 9.17) is 16.3 Å². The van der Waals surface area contributed by atoms with Gasteiger partial charge in [-0.2, -0.15) is 4.98 Å². The smallest absolute Gasteiger partial charge is 0.250 e. The van der Waals surface area contributed by atoms with Crippen molar-refractivity contribution in [3.63, 3.8) is 0 Å². The van der Waals surface area contributed by atoms with Gasteiger partial charge in [-0.3, -0.25) is 14.9 Å². The summed E-state index contributed by atoms with van der Waals surface area (Å²) in [6, 6.07) is 14.9. The molecule has 1 aliphatic rings. The molecule has 2 aromatic heterocycles. The first-order valence-corrected chi connectivity index (χ1v) is 11.1. The summed E-state index contributed by atoms with van der Waals surface area (Å²) in [6.07, 6.45) is 0.0823. The fourth-order valence-corrected chi connectivity index (χ4v) is 4.74. The molecular formula is C22H18ClN5O3S. The van der Waals surface area contributed by atoms with Crippen LogP contribution in [0.2, 0.25) is 5.02 Å². The first-order chi connectivity index (χ1) is 15.5. The summed E-state index contributed by atoms with van der Waals surface area (Å²) in [5, 5.41) is 9.66. The summed E-state index contributed by atoms with van der Waals surface area (Å²) >= 11 is 7.54. The Balaban J connectivity index is 1.34. The summed E-state index contributed by atoms with van der Waals surface area (Å²) in [4.78, 5) is 32.1. The lowest BCUT2D eigenvalue weighted by Gasteiger charge is -2.19. The molecule has 1 N–H and O–H groups in total. The molecular weight excluding hydrogens is 450 g/mol.